The van der Waals surface area contributed by atoms with E-state index in [0.29, 0.717) is 45.0 Å². The third-order valence-electron chi connectivity index (χ3n) is 5.92. The van der Waals surface area contributed by atoms with Crippen molar-refractivity contribution in [2.75, 3.05) is 11.4 Å². The molecule has 0 spiro atoms. The molecule has 1 N–H and O–H groups in total. The first-order chi connectivity index (χ1) is 16.4. The number of rotatable bonds is 4. The summed E-state index contributed by atoms with van der Waals surface area (Å²) in [5.41, 5.74) is 2.75. The highest BCUT2D eigenvalue weighted by Gasteiger charge is 2.32. The molecule has 6 nitrogen and oxygen atoms in total. The van der Waals surface area contributed by atoms with Gasteiger partial charge in [-0.15, -0.1) is 0 Å². The molecule has 0 aliphatic carbocycles. The first-order valence-corrected chi connectivity index (χ1v) is 11.7. The van der Waals surface area contributed by atoms with Crippen LogP contribution < -0.4 is 14.4 Å². The third-order valence-corrected chi connectivity index (χ3v) is 6.88. The second-order valence-corrected chi connectivity index (χ2v) is 9.28. The number of fused-ring (bicyclic) bond motifs is 1. The van der Waals surface area contributed by atoms with E-state index in [1.807, 2.05) is 36.4 Å². The SMILES string of the molecule is N#Cc1cccc(Cl)c1Oc1cc([C@H]2CC(=O)N(c3ccc4c(ccc[n+]4O)c3)C2)ccc1Br. The van der Waals surface area contributed by atoms with Crippen molar-refractivity contribution in [3.63, 3.8) is 0 Å². The highest BCUT2D eigenvalue weighted by Crippen LogP contribution is 2.40. The number of halogens is 2. The summed E-state index contributed by atoms with van der Waals surface area (Å²) in [5, 5.41) is 20.6. The van der Waals surface area contributed by atoms with Gasteiger partial charge in [-0.3, -0.25) is 10.0 Å². The van der Waals surface area contributed by atoms with Crippen molar-refractivity contribution in [3.05, 3.63) is 93.5 Å². The molecule has 1 fully saturated rings. The van der Waals surface area contributed by atoms with Crippen LogP contribution in [0.25, 0.3) is 10.9 Å². The van der Waals surface area contributed by atoms with E-state index in [2.05, 4.69) is 22.0 Å². The largest absolute Gasteiger partial charge is 0.453 e. The summed E-state index contributed by atoms with van der Waals surface area (Å²) in [5.74, 6) is 0.816. The van der Waals surface area contributed by atoms with Crippen molar-refractivity contribution in [2.45, 2.75) is 12.3 Å². The quantitative estimate of drug-likeness (QED) is 0.258. The van der Waals surface area contributed by atoms with Gasteiger partial charge in [-0.25, -0.2) is 0 Å². The molecule has 0 unspecified atom stereocenters. The van der Waals surface area contributed by atoms with Crippen LogP contribution in [0.5, 0.6) is 11.5 Å². The minimum atomic E-state index is -0.0288. The Morgan fingerprint density at radius 2 is 2.00 bits per heavy atom. The number of aromatic nitrogens is 1. The summed E-state index contributed by atoms with van der Waals surface area (Å²) in [6, 6.07) is 22.0. The minimum absolute atomic E-state index is 0.0282. The van der Waals surface area contributed by atoms with Gasteiger partial charge < -0.3 is 9.64 Å². The zero-order valence-electron chi connectivity index (χ0n) is 17.8. The van der Waals surface area contributed by atoms with Gasteiger partial charge in [-0.05, 0) is 64.0 Å². The van der Waals surface area contributed by atoms with Crippen LogP contribution in [0.3, 0.4) is 0 Å². The van der Waals surface area contributed by atoms with Crippen LogP contribution >= 0.6 is 27.5 Å². The lowest BCUT2D eigenvalue weighted by molar-refractivity contribution is -0.884. The van der Waals surface area contributed by atoms with E-state index in [-0.39, 0.29) is 11.8 Å². The average molecular weight is 536 g/mol. The molecule has 1 aliphatic rings. The fraction of sp³-hybridized carbons (Fsp3) is 0.115. The zero-order valence-corrected chi connectivity index (χ0v) is 20.1. The van der Waals surface area contributed by atoms with Crippen molar-refractivity contribution in [1.82, 2.24) is 0 Å². The molecule has 1 amide bonds. The molecule has 168 valence electrons. The number of benzene rings is 3. The van der Waals surface area contributed by atoms with Gasteiger partial charge in [0.1, 0.15) is 11.8 Å². The maximum Gasteiger partial charge on any atom is 0.264 e. The van der Waals surface area contributed by atoms with Gasteiger partial charge >= 0.3 is 0 Å². The van der Waals surface area contributed by atoms with Crippen LogP contribution in [0.2, 0.25) is 5.02 Å². The van der Waals surface area contributed by atoms with E-state index in [4.69, 9.17) is 16.3 Å². The number of carbonyl (C=O) groups excluding carboxylic acids is 1. The molecule has 1 aromatic heterocycles. The Hall–Kier alpha value is -3.60. The topological polar surface area (TPSA) is 77.4 Å². The Labute approximate surface area is 209 Å². The van der Waals surface area contributed by atoms with Crippen LogP contribution in [-0.2, 0) is 4.79 Å². The molecule has 1 atom stereocenters. The Balaban J connectivity index is 1.43. The fourth-order valence-electron chi connectivity index (χ4n) is 4.20. The number of anilines is 1. The summed E-state index contributed by atoms with van der Waals surface area (Å²) >= 11 is 9.78. The van der Waals surface area contributed by atoms with Gasteiger partial charge in [0.25, 0.3) is 5.52 Å². The van der Waals surface area contributed by atoms with Gasteiger partial charge in [0.2, 0.25) is 12.1 Å². The Bertz CT molecular complexity index is 1480. The Morgan fingerprint density at radius 3 is 2.82 bits per heavy atom. The molecular formula is C26H18BrClN3O3+. The Kier molecular flexibility index (Phi) is 5.86. The van der Waals surface area contributed by atoms with Gasteiger partial charge in [0, 0.05) is 41.4 Å². The van der Waals surface area contributed by atoms with Crippen LogP contribution in [-0.4, -0.2) is 17.7 Å². The molecule has 1 saturated heterocycles. The van der Waals surface area contributed by atoms with E-state index >= 15 is 0 Å². The summed E-state index contributed by atoms with van der Waals surface area (Å²) in [4.78, 5) is 14.7. The standard InChI is InChI=1S/C26H18BrClN3O3/c27-21-8-6-16(12-24(21)34-26-18(14-29)3-1-5-22(26)28)19-13-25(32)30(15-19)20-7-9-23-17(11-20)4-2-10-31(23)33/h1-12,19,33H,13,15H2/q+1/t19-/m0/s1. The van der Waals surface area contributed by atoms with Crippen molar-refractivity contribution >= 4 is 50.0 Å². The lowest BCUT2D eigenvalue weighted by Crippen LogP contribution is -2.30. The fourth-order valence-corrected chi connectivity index (χ4v) is 4.74. The molecule has 0 saturated carbocycles. The average Bonchev–Trinajstić information content (AvgIpc) is 3.23. The number of para-hydroxylation sites is 1. The van der Waals surface area contributed by atoms with Crippen LogP contribution in [0.4, 0.5) is 5.69 Å². The number of amides is 1. The van der Waals surface area contributed by atoms with Gasteiger partial charge in [0.05, 0.1) is 20.4 Å². The van der Waals surface area contributed by atoms with Gasteiger partial charge in [-0.1, -0.05) is 23.7 Å². The maximum atomic E-state index is 12.9. The number of ether oxygens (including phenoxy) is 1. The molecule has 4 aromatic rings. The smallest absolute Gasteiger partial charge is 0.264 e. The third kappa shape index (κ3) is 4.07. The van der Waals surface area contributed by atoms with E-state index in [0.717, 1.165) is 21.4 Å². The second-order valence-electron chi connectivity index (χ2n) is 8.02. The highest BCUT2D eigenvalue weighted by atomic mass is 79.9. The number of nitriles is 1. The summed E-state index contributed by atoms with van der Waals surface area (Å²) in [6.07, 6.45) is 1.93. The van der Waals surface area contributed by atoms with E-state index in [9.17, 15) is 15.3 Å². The molecule has 3 aromatic carbocycles. The predicted molar refractivity (Wildman–Crippen MR) is 131 cm³/mol. The van der Waals surface area contributed by atoms with Crippen LogP contribution in [0.15, 0.2) is 77.4 Å². The van der Waals surface area contributed by atoms with Crippen LogP contribution in [0.1, 0.15) is 23.5 Å². The zero-order chi connectivity index (χ0) is 23.8. The van der Waals surface area contributed by atoms with Crippen molar-refractivity contribution < 1.29 is 19.5 Å². The number of pyridine rings is 1. The number of hydrogen-bond donors (Lipinski definition) is 1. The van der Waals surface area contributed by atoms with Crippen molar-refractivity contribution in [2.24, 2.45) is 0 Å². The van der Waals surface area contributed by atoms with E-state index in [1.54, 1.807) is 41.4 Å². The monoisotopic (exact) mass is 534 g/mol. The summed E-state index contributed by atoms with van der Waals surface area (Å²) in [7, 11) is 0. The normalized spacial score (nSPS) is 15.5. The summed E-state index contributed by atoms with van der Waals surface area (Å²) < 4.78 is 7.81. The lowest BCUT2D eigenvalue weighted by atomic mass is 9.98. The second kappa shape index (κ2) is 8.98. The molecular weight excluding hydrogens is 518 g/mol. The predicted octanol–water partition coefficient (Wildman–Crippen LogP) is 5.96. The van der Waals surface area contributed by atoms with Gasteiger partial charge in [0.15, 0.2) is 5.75 Å². The molecule has 1 aliphatic heterocycles. The number of hydrogen-bond acceptors (Lipinski definition) is 4. The molecule has 2 heterocycles. The van der Waals surface area contributed by atoms with Crippen molar-refractivity contribution in [3.8, 4) is 17.6 Å². The first-order valence-electron chi connectivity index (χ1n) is 10.5. The number of carbonyl (C=O) groups is 1. The molecule has 5 rings (SSSR count). The van der Waals surface area contributed by atoms with E-state index in [1.165, 1.54) is 0 Å². The molecule has 8 heteroatoms. The maximum absolute atomic E-state index is 12.9. The minimum Gasteiger partial charge on any atom is -0.453 e. The van der Waals surface area contributed by atoms with Gasteiger partial charge in [-0.2, -0.15) is 5.26 Å². The first kappa shape index (κ1) is 22.2. The summed E-state index contributed by atoms with van der Waals surface area (Å²) in [6.45, 7) is 0.521. The molecule has 34 heavy (non-hydrogen) atoms. The molecule has 0 bridgehead atoms. The van der Waals surface area contributed by atoms with Crippen LogP contribution in [0, 0.1) is 11.3 Å². The highest BCUT2D eigenvalue weighted by molar-refractivity contribution is 9.10. The number of nitrogens with zero attached hydrogens (tertiary/aromatic N) is 3. The lowest BCUT2D eigenvalue weighted by Gasteiger charge is -2.18. The van der Waals surface area contributed by atoms with Crippen molar-refractivity contribution in [1.29, 1.82) is 5.26 Å². The van der Waals surface area contributed by atoms with E-state index < -0.39 is 0 Å². The molecule has 0 radical (unpaired) electrons. The Morgan fingerprint density at radius 1 is 1.15 bits per heavy atom.